The van der Waals surface area contributed by atoms with Crippen molar-refractivity contribution in [1.82, 2.24) is 19.8 Å². The van der Waals surface area contributed by atoms with Crippen LogP contribution in [0.1, 0.15) is 64.9 Å². The number of aromatic nitrogens is 2. The lowest BCUT2D eigenvalue weighted by Gasteiger charge is -2.39. The molecule has 1 aliphatic carbocycles. The number of likely N-dealkylation sites (tertiary alicyclic amines) is 1. The van der Waals surface area contributed by atoms with E-state index in [0.29, 0.717) is 13.1 Å². The summed E-state index contributed by atoms with van der Waals surface area (Å²) in [5.74, 6) is -5.55. The molecule has 4 heterocycles. The number of ether oxygens (including phenoxy) is 2. The second kappa shape index (κ2) is 13.0. The number of amides is 2. The maximum Gasteiger partial charge on any atom is 0.282 e. The number of halogens is 4. The lowest BCUT2D eigenvalue weighted by atomic mass is 9.97. The first-order valence-corrected chi connectivity index (χ1v) is 15.6. The molecule has 3 aromatic rings. The van der Waals surface area contributed by atoms with Crippen molar-refractivity contribution in [2.75, 3.05) is 38.2 Å². The van der Waals surface area contributed by atoms with Gasteiger partial charge in [0.25, 0.3) is 23.3 Å². The normalized spacial score (nSPS) is 18.7. The summed E-state index contributed by atoms with van der Waals surface area (Å²) in [5, 5.41) is 5.87. The highest BCUT2D eigenvalue weighted by Crippen LogP contribution is 2.37. The predicted molar refractivity (Wildman–Crippen MR) is 164 cm³/mol. The Bertz CT molecular complexity index is 1720. The summed E-state index contributed by atoms with van der Waals surface area (Å²) in [6.45, 7) is 2.08. The Kier molecular flexibility index (Phi) is 9.08. The molecule has 0 unspecified atom stereocenters. The van der Waals surface area contributed by atoms with Crippen molar-refractivity contribution in [3.8, 4) is 17.0 Å². The zero-order chi connectivity index (χ0) is 32.6. The molecule has 3 fully saturated rings. The number of pyridine rings is 2. The Morgan fingerprint density at radius 2 is 1.91 bits per heavy atom. The average Bonchev–Trinajstić information content (AvgIpc) is 3.70. The summed E-state index contributed by atoms with van der Waals surface area (Å²) in [5.41, 5.74) is -0.177. The lowest BCUT2D eigenvalue weighted by molar-refractivity contribution is -0.113. The predicted octanol–water partition coefficient (Wildman–Crippen LogP) is 5.05. The Labute approximate surface area is 267 Å². The van der Waals surface area contributed by atoms with Gasteiger partial charge in [0.15, 0.2) is 0 Å². The van der Waals surface area contributed by atoms with Crippen LogP contribution in [0.3, 0.4) is 0 Å². The second-order valence-electron chi connectivity index (χ2n) is 11.8. The zero-order valence-corrected chi connectivity index (χ0v) is 25.8. The molecule has 2 aromatic heterocycles. The first-order valence-electron chi connectivity index (χ1n) is 15.2. The topological polar surface area (TPSA) is 115 Å². The van der Waals surface area contributed by atoms with E-state index >= 15 is 4.39 Å². The van der Waals surface area contributed by atoms with E-state index in [2.05, 4.69) is 15.6 Å². The van der Waals surface area contributed by atoms with Crippen molar-refractivity contribution in [2.45, 2.75) is 57.2 Å². The highest BCUT2D eigenvalue weighted by atomic mass is 35.5. The van der Waals surface area contributed by atoms with Crippen molar-refractivity contribution in [2.24, 2.45) is 0 Å². The van der Waals surface area contributed by atoms with E-state index < -0.39 is 42.2 Å². The van der Waals surface area contributed by atoms with E-state index in [9.17, 15) is 23.2 Å². The number of carbonyl (C=O) groups excluding carboxylic acids is 2. The fourth-order valence-electron chi connectivity index (χ4n) is 5.71. The van der Waals surface area contributed by atoms with Crippen molar-refractivity contribution in [3.05, 3.63) is 74.4 Å². The summed E-state index contributed by atoms with van der Waals surface area (Å²) in [4.78, 5) is 45.4. The van der Waals surface area contributed by atoms with E-state index in [4.69, 9.17) is 21.1 Å². The molecule has 0 bridgehead atoms. The first-order chi connectivity index (χ1) is 22.0. The monoisotopic (exact) mass is 659 g/mol. The minimum atomic E-state index is -3.03. The molecule has 1 atom stereocenters. The molecule has 0 radical (unpaired) electrons. The second-order valence-corrected chi connectivity index (χ2v) is 12.2. The largest absolute Gasteiger partial charge is 0.478 e. The minimum absolute atomic E-state index is 0.000932. The number of nitrogens with one attached hydrogen (secondary N) is 2. The molecule has 14 heteroatoms. The third-order valence-electron chi connectivity index (χ3n) is 8.05. The molecule has 244 valence electrons. The number of hydrogen-bond donors (Lipinski definition) is 2. The number of hydrogen-bond acceptors (Lipinski definition) is 7. The van der Waals surface area contributed by atoms with E-state index in [1.165, 1.54) is 24.3 Å². The van der Waals surface area contributed by atoms with Crippen molar-refractivity contribution < 1.29 is 32.2 Å². The number of alkyl halides is 2. The molecule has 2 saturated heterocycles. The van der Waals surface area contributed by atoms with Gasteiger partial charge in [-0.25, -0.2) is 13.2 Å². The summed E-state index contributed by atoms with van der Waals surface area (Å²) in [7, 11) is 0. The zero-order valence-electron chi connectivity index (χ0n) is 25.1. The number of carbonyl (C=O) groups is 2. The Morgan fingerprint density at radius 3 is 2.59 bits per heavy atom. The molecule has 3 aliphatic rings. The van der Waals surface area contributed by atoms with Gasteiger partial charge in [-0.1, -0.05) is 11.6 Å². The Hall–Kier alpha value is -3.94. The van der Waals surface area contributed by atoms with E-state index in [0.717, 1.165) is 48.8 Å². The Morgan fingerprint density at radius 1 is 1.13 bits per heavy atom. The van der Waals surface area contributed by atoms with Gasteiger partial charge in [0.2, 0.25) is 5.88 Å². The number of nitrogens with zero attached hydrogens (tertiary/aromatic N) is 3. The van der Waals surface area contributed by atoms with Gasteiger partial charge in [0.05, 0.1) is 31.4 Å². The minimum Gasteiger partial charge on any atom is -0.478 e. The van der Waals surface area contributed by atoms with Gasteiger partial charge >= 0.3 is 0 Å². The Balaban J connectivity index is 1.31. The SMILES string of the molecule is CCOc1cc(-c2c(F)cc(Cl)cc2C(=O)N2CC(F)(F)C2)cc(NC(=O)c2cc(CNC[C@@H]3CCCO3)cn(C3CC3)c2=O)n1. The van der Waals surface area contributed by atoms with Gasteiger partial charge in [-0.3, -0.25) is 14.4 Å². The van der Waals surface area contributed by atoms with E-state index in [1.807, 2.05) is 0 Å². The molecule has 46 heavy (non-hydrogen) atoms. The van der Waals surface area contributed by atoms with Crippen LogP contribution in [0.2, 0.25) is 5.02 Å². The summed E-state index contributed by atoms with van der Waals surface area (Å²) >= 11 is 6.06. The molecular weight excluding hydrogens is 627 g/mol. The molecule has 2 aliphatic heterocycles. The molecule has 1 aromatic carbocycles. The standard InChI is InChI=1S/C32H33ClF3N5O5/c1-2-45-27-10-19(28-23(11-20(33)12-25(28)34)30(43)40-16-32(35,36)17-40)9-26(38-27)39-29(42)24-8-18(13-37-14-22-4-3-7-46-22)15-41(31(24)44)21-5-6-21/h8-12,15,21-22,37H,2-7,13-14,16-17H2,1H3,(H,38,39,42)/t22-/m0/s1. The quantitative estimate of drug-likeness (QED) is 0.296. The molecular formula is C32H33ClF3N5O5. The molecule has 6 rings (SSSR count). The van der Waals surface area contributed by atoms with Crippen LogP contribution in [0.15, 0.2) is 41.3 Å². The van der Waals surface area contributed by atoms with Crippen molar-refractivity contribution >= 4 is 29.2 Å². The van der Waals surface area contributed by atoms with Crippen LogP contribution in [0.25, 0.3) is 11.1 Å². The van der Waals surface area contributed by atoms with Gasteiger partial charge < -0.3 is 29.6 Å². The van der Waals surface area contributed by atoms with Gasteiger partial charge in [-0.05, 0) is 68.0 Å². The van der Waals surface area contributed by atoms with Crippen LogP contribution < -0.4 is 20.9 Å². The summed E-state index contributed by atoms with van der Waals surface area (Å²) in [6, 6.07) is 6.43. The van der Waals surface area contributed by atoms with Gasteiger partial charge in [0, 0.05) is 48.6 Å². The maximum absolute atomic E-state index is 15.5. The highest BCUT2D eigenvalue weighted by molar-refractivity contribution is 6.31. The van der Waals surface area contributed by atoms with Crippen molar-refractivity contribution in [3.63, 3.8) is 0 Å². The van der Waals surface area contributed by atoms with Crippen LogP contribution in [-0.2, 0) is 11.3 Å². The third kappa shape index (κ3) is 7.06. The van der Waals surface area contributed by atoms with Crippen LogP contribution in [-0.4, -0.2) is 71.1 Å². The van der Waals surface area contributed by atoms with Gasteiger partial charge in [0.1, 0.15) is 17.2 Å². The van der Waals surface area contributed by atoms with Crippen molar-refractivity contribution in [1.29, 1.82) is 0 Å². The van der Waals surface area contributed by atoms with Crippen LogP contribution in [0, 0.1) is 5.82 Å². The molecule has 1 saturated carbocycles. The molecule has 0 spiro atoms. The third-order valence-corrected chi connectivity index (χ3v) is 8.27. The number of rotatable bonds is 11. The summed E-state index contributed by atoms with van der Waals surface area (Å²) < 4.78 is 55.4. The smallest absolute Gasteiger partial charge is 0.282 e. The number of anilines is 1. The molecule has 2 amide bonds. The molecule has 2 N–H and O–H groups in total. The van der Waals surface area contributed by atoms with Crippen LogP contribution in [0.4, 0.5) is 19.0 Å². The number of benzene rings is 1. The summed E-state index contributed by atoms with van der Waals surface area (Å²) in [6.07, 6.45) is 5.55. The van der Waals surface area contributed by atoms with Crippen LogP contribution >= 0.6 is 11.6 Å². The van der Waals surface area contributed by atoms with E-state index in [-0.39, 0.29) is 57.7 Å². The van der Waals surface area contributed by atoms with E-state index in [1.54, 1.807) is 17.7 Å². The average molecular weight is 660 g/mol. The maximum atomic E-state index is 15.5. The fourth-order valence-corrected chi connectivity index (χ4v) is 5.91. The first kappa shape index (κ1) is 32.0. The molecule has 10 nitrogen and oxygen atoms in total. The van der Waals surface area contributed by atoms with Gasteiger partial charge in [-0.2, -0.15) is 4.98 Å². The van der Waals surface area contributed by atoms with Gasteiger partial charge in [-0.15, -0.1) is 0 Å². The fraction of sp³-hybridized carbons (Fsp3) is 0.438. The highest BCUT2D eigenvalue weighted by Gasteiger charge is 2.47. The van der Waals surface area contributed by atoms with Crippen LogP contribution in [0.5, 0.6) is 5.88 Å². The lowest BCUT2D eigenvalue weighted by Crippen LogP contribution is -2.58.